The molecule has 19 heteroatoms. The molecule has 0 amide bonds. The highest BCUT2D eigenvalue weighted by molar-refractivity contribution is 7.47. The number of phosphoric ester groups is 2. The van der Waals surface area contributed by atoms with Crippen LogP contribution in [0.25, 0.3) is 0 Å². The van der Waals surface area contributed by atoms with E-state index >= 15 is 0 Å². The molecule has 0 bridgehead atoms. The fourth-order valence-corrected chi connectivity index (χ4v) is 10.8. The largest absolute Gasteiger partial charge is 0.472 e. The molecule has 0 saturated heterocycles. The molecule has 82 heavy (non-hydrogen) atoms. The number of rotatable bonds is 60. The van der Waals surface area contributed by atoms with Gasteiger partial charge in [-0.05, 0) is 49.4 Å². The van der Waals surface area contributed by atoms with Crippen molar-refractivity contribution in [1.82, 2.24) is 0 Å². The second-order valence-electron chi connectivity index (χ2n) is 24.2. The monoisotopic (exact) mass is 1210 g/mol. The molecule has 0 radical (unpaired) electrons. The normalized spacial score (nSPS) is 15.1. The van der Waals surface area contributed by atoms with E-state index in [1.54, 1.807) is 0 Å². The molecular formula is C63H122O17P2. The molecule has 0 saturated carbocycles. The van der Waals surface area contributed by atoms with Crippen LogP contribution in [-0.4, -0.2) is 96.7 Å². The van der Waals surface area contributed by atoms with Crippen LogP contribution in [0.3, 0.4) is 0 Å². The Morgan fingerprint density at radius 3 is 0.866 bits per heavy atom. The molecule has 4 unspecified atom stereocenters. The van der Waals surface area contributed by atoms with Gasteiger partial charge < -0.3 is 33.8 Å². The van der Waals surface area contributed by atoms with Gasteiger partial charge in [0.15, 0.2) is 12.2 Å². The zero-order valence-electron chi connectivity index (χ0n) is 53.1. The Morgan fingerprint density at radius 2 is 0.585 bits per heavy atom. The summed E-state index contributed by atoms with van der Waals surface area (Å²) in [6.07, 6.45) is 32.3. The summed E-state index contributed by atoms with van der Waals surface area (Å²) in [6, 6.07) is 0. The summed E-state index contributed by atoms with van der Waals surface area (Å²) >= 11 is 0. The molecule has 3 N–H and O–H groups in total. The first-order valence-corrected chi connectivity index (χ1v) is 35.8. The zero-order valence-corrected chi connectivity index (χ0v) is 54.9. The second kappa shape index (κ2) is 53.3. The summed E-state index contributed by atoms with van der Waals surface area (Å²) in [6.45, 7) is 13.9. The Labute approximate surface area is 498 Å². The van der Waals surface area contributed by atoms with Crippen molar-refractivity contribution in [2.45, 2.75) is 318 Å². The maximum Gasteiger partial charge on any atom is 0.472 e. The molecular weight excluding hydrogens is 1090 g/mol. The number of carbonyl (C=O) groups is 4. The van der Waals surface area contributed by atoms with Crippen LogP contribution < -0.4 is 0 Å². The highest BCUT2D eigenvalue weighted by Gasteiger charge is 2.30. The van der Waals surface area contributed by atoms with Gasteiger partial charge in [-0.25, -0.2) is 9.13 Å². The first kappa shape index (κ1) is 80.1. The fourth-order valence-electron chi connectivity index (χ4n) is 9.19. The molecule has 0 spiro atoms. The quantitative estimate of drug-likeness (QED) is 0.0222. The van der Waals surface area contributed by atoms with Gasteiger partial charge in [-0.15, -0.1) is 0 Å². The lowest BCUT2D eigenvalue weighted by Gasteiger charge is -2.21. The Kier molecular flexibility index (Phi) is 52.0. The Balaban J connectivity index is 5.26. The van der Waals surface area contributed by atoms with Crippen LogP contribution in [0.15, 0.2) is 0 Å². The van der Waals surface area contributed by atoms with Gasteiger partial charge >= 0.3 is 39.5 Å². The van der Waals surface area contributed by atoms with Crippen LogP contribution in [-0.2, 0) is 65.4 Å². The predicted molar refractivity (Wildman–Crippen MR) is 326 cm³/mol. The van der Waals surface area contributed by atoms with E-state index in [1.165, 1.54) is 89.9 Å². The Bertz CT molecular complexity index is 1650. The minimum absolute atomic E-state index is 0.101. The van der Waals surface area contributed by atoms with Crippen LogP contribution in [0.1, 0.15) is 299 Å². The number of aliphatic hydroxyl groups is 1. The lowest BCUT2D eigenvalue weighted by molar-refractivity contribution is -0.161. The van der Waals surface area contributed by atoms with E-state index in [4.69, 9.17) is 37.0 Å². The molecule has 17 nitrogen and oxygen atoms in total. The Morgan fingerprint density at radius 1 is 0.341 bits per heavy atom. The SMILES string of the molecule is CCC(C)CCCCCCCCC(=O)OC[C@H](COP(=O)(O)OC[C@@H](O)COP(=O)(O)OC[C@@H](COC(=O)CCCCCCCCC(C)C)OC(=O)CCCCCCCCC(C)CC)OC(=O)CCCCCCCCCCCCC(C)C. The molecule has 0 aliphatic carbocycles. The van der Waals surface area contributed by atoms with E-state index in [-0.39, 0.29) is 25.7 Å². The van der Waals surface area contributed by atoms with E-state index in [2.05, 4.69) is 55.4 Å². The Hall–Kier alpha value is -1.94. The zero-order chi connectivity index (χ0) is 61.1. The minimum Gasteiger partial charge on any atom is -0.462 e. The molecule has 0 aromatic rings. The van der Waals surface area contributed by atoms with Crippen LogP contribution in [0.4, 0.5) is 0 Å². The van der Waals surface area contributed by atoms with E-state index in [0.717, 1.165) is 120 Å². The van der Waals surface area contributed by atoms with Crippen LogP contribution >= 0.6 is 15.6 Å². The minimum atomic E-state index is -4.94. The molecule has 0 heterocycles. The van der Waals surface area contributed by atoms with Gasteiger partial charge in [-0.2, -0.15) is 0 Å². The highest BCUT2D eigenvalue weighted by Crippen LogP contribution is 2.45. The summed E-state index contributed by atoms with van der Waals surface area (Å²) in [7, 11) is -9.89. The molecule has 7 atom stereocenters. The number of hydrogen-bond acceptors (Lipinski definition) is 15. The molecule has 0 aromatic carbocycles. The summed E-state index contributed by atoms with van der Waals surface area (Å²) in [5.41, 5.74) is 0. The molecule has 0 aliphatic heterocycles. The van der Waals surface area contributed by atoms with E-state index < -0.39 is 97.5 Å². The lowest BCUT2D eigenvalue weighted by atomic mass is 10.00. The number of esters is 4. The van der Waals surface area contributed by atoms with Gasteiger partial charge in [0.05, 0.1) is 26.4 Å². The third-order valence-electron chi connectivity index (χ3n) is 15.0. The van der Waals surface area contributed by atoms with Crippen molar-refractivity contribution in [3.8, 4) is 0 Å². The topological polar surface area (TPSA) is 237 Å². The van der Waals surface area contributed by atoms with Crippen molar-refractivity contribution in [3.63, 3.8) is 0 Å². The third-order valence-corrected chi connectivity index (χ3v) is 16.9. The molecule has 0 fully saturated rings. The van der Waals surface area contributed by atoms with Crippen molar-refractivity contribution in [3.05, 3.63) is 0 Å². The average molecular weight is 1210 g/mol. The number of ether oxygens (including phenoxy) is 4. The van der Waals surface area contributed by atoms with Gasteiger partial charge in [0.25, 0.3) is 0 Å². The molecule has 0 aromatic heterocycles. The van der Waals surface area contributed by atoms with Crippen molar-refractivity contribution >= 4 is 39.5 Å². The van der Waals surface area contributed by atoms with E-state index in [1.807, 2.05) is 0 Å². The molecule has 0 aliphatic rings. The number of phosphoric acid groups is 2. The average Bonchev–Trinajstić information content (AvgIpc) is 3.44. The maximum absolute atomic E-state index is 13.0. The van der Waals surface area contributed by atoms with Crippen molar-refractivity contribution < 1.29 is 80.2 Å². The van der Waals surface area contributed by atoms with Crippen LogP contribution in [0, 0.1) is 23.7 Å². The highest BCUT2D eigenvalue weighted by atomic mass is 31.2. The van der Waals surface area contributed by atoms with Gasteiger partial charge in [-0.3, -0.25) is 37.3 Å². The van der Waals surface area contributed by atoms with Crippen LogP contribution in [0.5, 0.6) is 0 Å². The van der Waals surface area contributed by atoms with E-state index in [9.17, 15) is 43.2 Å². The predicted octanol–water partition coefficient (Wildman–Crippen LogP) is 17.0. The number of aliphatic hydroxyl groups excluding tert-OH is 1. The van der Waals surface area contributed by atoms with Gasteiger partial charge in [-0.1, -0.05) is 248 Å². The first-order chi connectivity index (χ1) is 39.2. The third kappa shape index (κ3) is 54.7. The summed E-state index contributed by atoms with van der Waals surface area (Å²) in [4.78, 5) is 72.1. The van der Waals surface area contributed by atoms with Crippen LogP contribution in [0.2, 0.25) is 0 Å². The van der Waals surface area contributed by atoms with E-state index in [0.29, 0.717) is 31.6 Å². The summed E-state index contributed by atoms with van der Waals surface area (Å²) in [5, 5.41) is 10.5. The maximum atomic E-state index is 13.0. The molecule has 0 rings (SSSR count). The standard InChI is InChI=1S/C63H122O17P2/c1-9-55(7)41-33-25-18-21-28-36-44-61(66)74-49-58(79-62(67)45-37-29-16-14-12-11-13-15-23-31-39-53(3)4)51-77-81(69,70)75-47-57(64)48-76-82(71,72)78-52-59(50-73-60(65)43-35-27-20-17-24-32-40-54(5)6)80-63(68)46-38-30-22-19-26-34-42-56(8)10-2/h53-59,64H,9-52H2,1-8H3,(H,69,70)(H,71,72)/t55?,56?,57-,58-,59-/m1/s1. The van der Waals surface area contributed by atoms with Crippen molar-refractivity contribution in [2.75, 3.05) is 39.6 Å². The van der Waals surface area contributed by atoms with Gasteiger partial charge in [0.2, 0.25) is 0 Å². The fraction of sp³-hybridized carbons (Fsp3) is 0.937. The van der Waals surface area contributed by atoms with Crippen molar-refractivity contribution in [1.29, 1.82) is 0 Å². The molecule has 486 valence electrons. The smallest absolute Gasteiger partial charge is 0.462 e. The van der Waals surface area contributed by atoms with Gasteiger partial charge in [0, 0.05) is 25.7 Å². The van der Waals surface area contributed by atoms with Gasteiger partial charge in [0.1, 0.15) is 19.3 Å². The number of unbranched alkanes of at least 4 members (excludes halogenated alkanes) is 24. The number of carbonyl (C=O) groups excluding carboxylic acids is 4. The number of hydrogen-bond donors (Lipinski definition) is 3. The second-order valence-corrected chi connectivity index (χ2v) is 27.1. The lowest BCUT2D eigenvalue weighted by Crippen LogP contribution is -2.30. The first-order valence-electron chi connectivity index (χ1n) is 32.8. The van der Waals surface area contributed by atoms with Crippen molar-refractivity contribution in [2.24, 2.45) is 23.7 Å². The summed E-state index contributed by atoms with van der Waals surface area (Å²) < 4.78 is 67.9. The summed E-state index contributed by atoms with van der Waals surface area (Å²) in [5.74, 6) is 0.738.